The molecule has 2 atom stereocenters. The lowest BCUT2D eigenvalue weighted by Crippen LogP contribution is -2.49. The van der Waals surface area contributed by atoms with Crippen molar-refractivity contribution in [2.75, 3.05) is 18.8 Å². The molecule has 0 aliphatic carbocycles. The highest BCUT2D eigenvalue weighted by Gasteiger charge is 2.24. The second-order valence-electron chi connectivity index (χ2n) is 4.67. The maximum atomic E-state index is 12.1. The minimum absolute atomic E-state index is 0.104. The number of amides is 1. The third-order valence-corrected chi connectivity index (χ3v) is 4.30. The molecule has 1 heterocycles. The zero-order valence-electron chi connectivity index (χ0n) is 10.6. The summed E-state index contributed by atoms with van der Waals surface area (Å²) in [5, 5.41) is 6.59. The number of hydrogen-bond donors (Lipinski definition) is 2. The molecule has 4 heteroatoms. The van der Waals surface area contributed by atoms with Gasteiger partial charge in [0.15, 0.2) is 0 Å². The minimum Gasteiger partial charge on any atom is -0.351 e. The minimum atomic E-state index is 0.104. The molecule has 0 radical (unpaired) electrons. The molecule has 1 aliphatic heterocycles. The molecule has 94 valence electrons. The summed E-state index contributed by atoms with van der Waals surface area (Å²) < 4.78 is 0. The second-order valence-corrected chi connectivity index (χ2v) is 6.09. The number of nitrogens with one attached hydrogen (secondary N) is 2. The highest BCUT2D eigenvalue weighted by Crippen LogP contribution is 2.19. The van der Waals surface area contributed by atoms with Crippen molar-refractivity contribution in [3.8, 4) is 0 Å². The summed E-state index contributed by atoms with van der Waals surface area (Å²) in [6.07, 6.45) is 2.28. The number of carbonyl (C=O) groups excluding carboxylic acids is 1. The number of thioether (sulfide) groups is 1. The molecule has 1 fully saturated rings. The van der Waals surface area contributed by atoms with E-state index in [1.807, 2.05) is 0 Å². The lowest BCUT2D eigenvalue weighted by Gasteiger charge is -2.27. The standard InChI is InChI=1S/C12H24N2OS/c1-4-16-11(9(2)3)12(15)14-10-6-5-7-13-8-10/h9-11,13H,4-8H2,1-3H3,(H,14,15)/t10-,11?/m0/s1. The zero-order chi connectivity index (χ0) is 12.0. The summed E-state index contributed by atoms with van der Waals surface area (Å²) in [5.74, 6) is 1.62. The second kappa shape index (κ2) is 7.17. The highest BCUT2D eigenvalue weighted by atomic mass is 32.2. The van der Waals surface area contributed by atoms with Gasteiger partial charge in [-0.05, 0) is 31.1 Å². The van der Waals surface area contributed by atoms with Crippen LogP contribution in [0.25, 0.3) is 0 Å². The first-order valence-corrected chi connectivity index (χ1v) is 7.32. The van der Waals surface area contributed by atoms with Crippen LogP contribution in [0.2, 0.25) is 0 Å². The van der Waals surface area contributed by atoms with Crippen LogP contribution in [0, 0.1) is 5.92 Å². The Hall–Kier alpha value is -0.220. The van der Waals surface area contributed by atoms with E-state index in [0.29, 0.717) is 12.0 Å². The molecule has 0 aromatic heterocycles. The van der Waals surface area contributed by atoms with Gasteiger partial charge >= 0.3 is 0 Å². The van der Waals surface area contributed by atoms with Crippen LogP contribution >= 0.6 is 11.8 Å². The van der Waals surface area contributed by atoms with Gasteiger partial charge in [-0.25, -0.2) is 0 Å². The molecule has 0 aromatic carbocycles. The van der Waals surface area contributed by atoms with Crippen molar-refractivity contribution < 1.29 is 4.79 Å². The van der Waals surface area contributed by atoms with Crippen LogP contribution in [0.1, 0.15) is 33.6 Å². The summed E-state index contributed by atoms with van der Waals surface area (Å²) in [4.78, 5) is 12.1. The van der Waals surface area contributed by atoms with Gasteiger partial charge in [0.25, 0.3) is 0 Å². The van der Waals surface area contributed by atoms with Crippen LogP contribution in [-0.4, -0.2) is 36.0 Å². The van der Waals surface area contributed by atoms with Crippen LogP contribution < -0.4 is 10.6 Å². The Morgan fingerprint density at radius 2 is 2.31 bits per heavy atom. The molecule has 1 saturated heterocycles. The summed E-state index contributed by atoms with van der Waals surface area (Å²) in [5.41, 5.74) is 0. The molecular weight excluding hydrogens is 220 g/mol. The third-order valence-electron chi connectivity index (χ3n) is 2.85. The molecule has 0 bridgehead atoms. The Morgan fingerprint density at radius 3 is 2.81 bits per heavy atom. The smallest absolute Gasteiger partial charge is 0.233 e. The SMILES string of the molecule is CCSC(C(=O)N[C@H]1CCCNC1)C(C)C. The van der Waals surface area contributed by atoms with E-state index in [4.69, 9.17) is 0 Å². The van der Waals surface area contributed by atoms with Crippen molar-refractivity contribution in [2.45, 2.75) is 44.9 Å². The number of piperidine rings is 1. The molecular formula is C12H24N2OS. The fraction of sp³-hybridized carbons (Fsp3) is 0.917. The monoisotopic (exact) mass is 244 g/mol. The Bertz CT molecular complexity index is 215. The third kappa shape index (κ3) is 4.34. The van der Waals surface area contributed by atoms with Crippen LogP contribution in [0.5, 0.6) is 0 Å². The van der Waals surface area contributed by atoms with E-state index >= 15 is 0 Å². The van der Waals surface area contributed by atoms with Crippen LogP contribution in [0.4, 0.5) is 0 Å². The van der Waals surface area contributed by atoms with Crippen LogP contribution in [-0.2, 0) is 4.79 Å². The molecule has 16 heavy (non-hydrogen) atoms. The quantitative estimate of drug-likeness (QED) is 0.772. The molecule has 0 saturated carbocycles. The summed E-state index contributed by atoms with van der Waals surface area (Å²) in [6, 6.07) is 0.333. The average Bonchev–Trinajstić information content (AvgIpc) is 2.26. The lowest BCUT2D eigenvalue weighted by molar-refractivity contribution is -0.122. The van der Waals surface area contributed by atoms with Gasteiger partial charge in [0.05, 0.1) is 5.25 Å². The van der Waals surface area contributed by atoms with Crippen LogP contribution in [0.3, 0.4) is 0 Å². The molecule has 1 aliphatic rings. The fourth-order valence-corrected chi connectivity index (χ4v) is 2.97. The Morgan fingerprint density at radius 1 is 1.56 bits per heavy atom. The summed E-state index contributed by atoms with van der Waals surface area (Å²) >= 11 is 1.75. The van der Waals surface area contributed by atoms with Gasteiger partial charge in [-0.1, -0.05) is 20.8 Å². The van der Waals surface area contributed by atoms with Crippen molar-refractivity contribution in [1.82, 2.24) is 10.6 Å². The van der Waals surface area contributed by atoms with E-state index in [-0.39, 0.29) is 11.2 Å². The molecule has 1 unspecified atom stereocenters. The first kappa shape index (κ1) is 13.8. The van der Waals surface area contributed by atoms with E-state index < -0.39 is 0 Å². The van der Waals surface area contributed by atoms with E-state index in [0.717, 1.165) is 31.7 Å². The van der Waals surface area contributed by atoms with Gasteiger partial charge in [-0.3, -0.25) is 4.79 Å². The van der Waals surface area contributed by atoms with Crippen molar-refractivity contribution >= 4 is 17.7 Å². The van der Waals surface area contributed by atoms with Gasteiger partial charge in [0.2, 0.25) is 5.91 Å². The maximum Gasteiger partial charge on any atom is 0.233 e. The number of carbonyl (C=O) groups is 1. The van der Waals surface area contributed by atoms with Gasteiger partial charge in [-0.15, -0.1) is 11.8 Å². The summed E-state index contributed by atoms with van der Waals surface area (Å²) in [6.45, 7) is 8.35. The van der Waals surface area contributed by atoms with E-state index in [2.05, 4.69) is 31.4 Å². The predicted molar refractivity (Wildman–Crippen MR) is 70.8 cm³/mol. The normalized spacial score (nSPS) is 23.1. The molecule has 1 amide bonds. The zero-order valence-corrected chi connectivity index (χ0v) is 11.4. The molecule has 0 aromatic rings. The maximum absolute atomic E-state index is 12.1. The number of hydrogen-bond acceptors (Lipinski definition) is 3. The van der Waals surface area contributed by atoms with Crippen molar-refractivity contribution in [2.24, 2.45) is 5.92 Å². The fourth-order valence-electron chi connectivity index (χ4n) is 2.01. The van der Waals surface area contributed by atoms with Gasteiger partial charge in [-0.2, -0.15) is 0 Å². The molecule has 1 rings (SSSR count). The van der Waals surface area contributed by atoms with E-state index in [1.165, 1.54) is 0 Å². The van der Waals surface area contributed by atoms with E-state index in [9.17, 15) is 4.79 Å². The highest BCUT2D eigenvalue weighted by molar-refractivity contribution is 8.00. The lowest BCUT2D eigenvalue weighted by atomic mass is 10.1. The molecule has 0 spiro atoms. The largest absolute Gasteiger partial charge is 0.351 e. The van der Waals surface area contributed by atoms with Crippen molar-refractivity contribution in [3.05, 3.63) is 0 Å². The summed E-state index contributed by atoms with van der Waals surface area (Å²) in [7, 11) is 0. The average molecular weight is 244 g/mol. The first-order chi connectivity index (χ1) is 7.65. The molecule has 3 nitrogen and oxygen atoms in total. The van der Waals surface area contributed by atoms with Crippen LogP contribution in [0.15, 0.2) is 0 Å². The van der Waals surface area contributed by atoms with Gasteiger partial charge < -0.3 is 10.6 Å². The Kier molecular flexibility index (Phi) is 6.21. The van der Waals surface area contributed by atoms with Gasteiger partial charge in [0, 0.05) is 12.6 Å². The number of rotatable bonds is 5. The first-order valence-electron chi connectivity index (χ1n) is 6.27. The predicted octanol–water partition coefficient (Wildman–Crippen LogP) is 1.63. The topological polar surface area (TPSA) is 41.1 Å². The van der Waals surface area contributed by atoms with E-state index in [1.54, 1.807) is 11.8 Å². The Labute approximate surface area is 103 Å². The Balaban J connectivity index is 2.40. The molecule has 2 N–H and O–H groups in total. The van der Waals surface area contributed by atoms with Crippen molar-refractivity contribution in [1.29, 1.82) is 0 Å². The van der Waals surface area contributed by atoms with Gasteiger partial charge in [0.1, 0.15) is 0 Å². The van der Waals surface area contributed by atoms with Crippen molar-refractivity contribution in [3.63, 3.8) is 0 Å².